The van der Waals surface area contributed by atoms with Gasteiger partial charge in [0.05, 0.1) is 19.3 Å². The molecule has 0 radical (unpaired) electrons. The molecule has 0 aliphatic rings. The van der Waals surface area contributed by atoms with Crippen molar-refractivity contribution in [3.8, 4) is 0 Å². The van der Waals surface area contributed by atoms with E-state index in [-0.39, 0.29) is 6.61 Å². The molecule has 0 fully saturated rings. The third-order valence-electron chi connectivity index (χ3n) is 2.43. The Morgan fingerprint density at radius 1 is 1.24 bits per heavy atom. The molecule has 4 heteroatoms. The summed E-state index contributed by atoms with van der Waals surface area (Å²) in [5.74, 6) is 0. The zero-order valence-corrected chi connectivity index (χ0v) is 10.2. The second-order valence-electron chi connectivity index (χ2n) is 3.92. The molecular formula is C13H21NO3. The second kappa shape index (κ2) is 8.20. The summed E-state index contributed by atoms with van der Waals surface area (Å²) < 4.78 is 5.11. The van der Waals surface area contributed by atoms with Gasteiger partial charge in [0.2, 0.25) is 0 Å². The topological polar surface area (TPSA) is 61.7 Å². The van der Waals surface area contributed by atoms with Crippen LogP contribution in [0, 0.1) is 0 Å². The first-order valence-electron chi connectivity index (χ1n) is 5.91. The molecule has 1 aromatic carbocycles. The predicted molar refractivity (Wildman–Crippen MR) is 66.6 cm³/mol. The SMILES string of the molecule is CCOCC(O)CNCc1ccc(CO)cc1. The number of ether oxygens (including phenoxy) is 1. The van der Waals surface area contributed by atoms with Crippen LogP contribution in [-0.2, 0) is 17.9 Å². The fourth-order valence-electron chi connectivity index (χ4n) is 1.46. The molecule has 0 saturated heterocycles. The van der Waals surface area contributed by atoms with Crippen molar-refractivity contribution in [2.24, 2.45) is 0 Å². The van der Waals surface area contributed by atoms with Gasteiger partial charge in [-0.3, -0.25) is 0 Å². The van der Waals surface area contributed by atoms with E-state index < -0.39 is 6.10 Å². The van der Waals surface area contributed by atoms with Gasteiger partial charge in [0.25, 0.3) is 0 Å². The third kappa shape index (κ3) is 5.79. The van der Waals surface area contributed by atoms with Crippen molar-refractivity contribution in [3.63, 3.8) is 0 Å². The lowest BCUT2D eigenvalue weighted by Gasteiger charge is -2.11. The minimum Gasteiger partial charge on any atom is -0.392 e. The molecule has 96 valence electrons. The molecule has 3 N–H and O–H groups in total. The van der Waals surface area contributed by atoms with Crippen molar-refractivity contribution in [1.29, 1.82) is 0 Å². The number of hydrogen-bond acceptors (Lipinski definition) is 4. The van der Waals surface area contributed by atoms with Gasteiger partial charge >= 0.3 is 0 Å². The largest absolute Gasteiger partial charge is 0.392 e. The minimum absolute atomic E-state index is 0.0702. The van der Waals surface area contributed by atoms with E-state index in [1.165, 1.54) is 0 Å². The molecule has 0 saturated carbocycles. The van der Waals surface area contributed by atoms with Crippen LogP contribution in [0.15, 0.2) is 24.3 Å². The summed E-state index contributed by atoms with van der Waals surface area (Å²) >= 11 is 0. The highest BCUT2D eigenvalue weighted by atomic mass is 16.5. The lowest BCUT2D eigenvalue weighted by Crippen LogP contribution is -2.30. The summed E-state index contributed by atoms with van der Waals surface area (Å²) in [4.78, 5) is 0. The van der Waals surface area contributed by atoms with E-state index in [1.54, 1.807) is 0 Å². The number of aliphatic hydroxyl groups excluding tert-OH is 2. The van der Waals surface area contributed by atoms with Crippen molar-refractivity contribution >= 4 is 0 Å². The average Bonchev–Trinajstić information content (AvgIpc) is 2.37. The highest BCUT2D eigenvalue weighted by Gasteiger charge is 2.02. The van der Waals surface area contributed by atoms with Gasteiger partial charge < -0.3 is 20.3 Å². The first-order valence-corrected chi connectivity index (χ1v) is 5.91. The molecule has 17 heavy (non-hydrogen) atoms. The number of benzene rings is 1. The summed E-state index contributed by atoms with van der Waals surface area (Å²) in [6.45, 7) is 4.19. The first kappa shape index (κ1) is 14.1. The van der Waals surface area contributed by atoms with E-state index in [0.29, 0.717) is 26.3 Å². The molecule has 0 heterocycles. The summed E-state index contributed by atoms with van der Waals surface area (Å²) in [5, 5.41) is 21.6. The Morgan fingerprint density at radius 2 is 1.88 bits per heavy atom. The third-order valence-corrected chi connectivity index (χ3v) is 2.43. The van der Waals surface area contributed by atoms with Crippen molar-refractivity contribution < 1.29 is 14.9 Å². The van der Waals surface area contributed by atoms with Crippen molar-refractivity contribution in [3.05, 3.63) is 35.4 Å². The van der Waals surface area contributed by atoms with Crippen LogP contribution in [0.4, 0.5) is 0 Å². The number of rotatable bonds is 8. The average molecular weight is 239 g/mol. The zero-order chi connectivity index (χ0) is 12.5. The van der Waals surface area contributed by atoms with Gasteiger partial charge in [0.15, 0.2) is 0 Å². The van der Waals surface area contributed by atoms with Gasteiger partial charge in [-0.25, -0.2) is 0 Å². The van der Waals surface area contributed by atoms with Gasteiger partial charge in [0, 0.05) is 19.7 Å². The van der Waals surface area contributed by atoms with E-state index >= 15 is 0 Å². The van der Waals surface area contributed by atoms with Crippen LogP contribution >= 0.6 is 0 Å². The molecule has 0 aliphatic carbocycles. The summed E-state index contributed by atoms with van der Waals surface area (Å²) in [6.07, 6.45) is -0.466. The van der Waals surface area contributed by atoms with Crippen LogP contribution in [0.2, 0.25) is 0 Å². The first-order chi connectivity index (χ1) is 8.26. The Bertz CT molecular complexity index is 300. The van der Waals surface area contributed by atoms with E-state index in [4.69, 9.17) is 9.84 Å². The number of hydrogen-bond donors (Lipinski definition) is 3. The Balaban J connectivity index is 2.21. The molecule has 0 bridgehead atoms. The normalized spacial score (nSPS) is 12.6. The predicted octanol–water partition coefficient (Wildman–Crippen LogP) is 0.666. The molecule has 0 amide bonds. The van der Waals surface area contributed by atoms with Crippen LogP contribution in [0.25, 0.3) is 0 Å². The van der Waals surface area contributed by atoms with E-state index in [9.17, 15) is 5.11 Å². The Kier molecular flexibility index (Phi) is 6.81. The quantitative estimate of drug-likeness (QED) is 0.624. The van der Waals surface area contributed by atoms with Crippen LogP contribution in [0.3, 0.4) is 0 Å². The molecule has 1 unspecified atom stereocenters. The van der Waals surface area contributed by atoms with Crippen molar-refractivity contribution in [2.75, 3.05) is 19.8 Å². The molecule has 0 aromatic heterocycles. The van der Waals surface area contributed by atoms with E-state index in [0.717, 1.165) is 11.1 Å². The molecule has 0 aliphatic heterocycles. The zero-order valence-electron chi connectivity index (χ0n) is 10.2. The van der Waals surface area contributed by atoms with Crippen LogP contribution in [0.1, 0.15) is 18.1 Å². The highest BCUT2D eigenvalue weighted by molar-refractivity contribution is 5.21. The fraction of sp³-hybridized carbons (Fsp3) is 0.538. The monoisotopic (exact) mass is 239 g/mol. The van der Waals surface area contributed by atoms with Gasteiger partial charge in [0.1, 0.15) is 0 Å². The molecule has 1 rings (SSSR count). The van der Waals surface area contributed by atoms with Gasteiger partial charge in [-0.1, -0.05) is 24.3 Å². The molecule has 1 atom stereocenters. The summed E-state index contributed by atoms with van der Waals surface area (Å²) in [5.41, 5.74) is 2.04. The smallest absolute Gasteiger partial charge is 0.0897 e. The van der Waals surface area contributed by atoms with E-state index in [2.05, 4.69) is 5.32 Å². The number of aliphatic hydroxyl groups is 2. The standard InChI is InChI=1S/C13H21NO3/c1-2-17-10-13(16)8-14-7-11-3-5-12(9-15)6-4-11/h3-6,13-16H,2,7-10H2,1H3. The van der Waals surface area contributed by atoms with Crippen LogP contribution in [0.5, 0.6) is 0 Å². The lowest BCUT2D eigenvalue weighted by atomic mass is 10.1. The lowest BCUT2D eigenvalue weighted by molar-refractivity contribution is 0.0427. The summed E-state index contributed by atoms with van der Waals surface area (Å²) in [7, 11) is 0. The second-order valence-corrected chi connectivity index (χ2v) is 3.92. The number of nitrogens with one attached hydrogen (secondary N) is 1. The molecule has 4 nitrogen and oxygen atoms in total. The molecule has 1 aromatic rings. The summed E-state index contributed by atoms with van der Waals surface area (Å²) in [6, 6.07) is 7.72. The molecular weight excluding hydrogens is 218 g/mol. The Morgan fingerprint density at radius 3 is 2.47 bits per heavy atom. The maximum atomic E-state index is 9.52. The maximum absolute atomic E-state index is 9.52. The van der Waals surface area contributed by atoms with Crippen molar-refractivity contribution in [1.82, 2.24) is 5.32 Å². The maximum Gasteiger partial charge on any atom is 0.0897 e. The minimum atomic E-state index is -0.466. The van der Waals surface area contributed by atoms with Gasteiger partial charge in [-0.05, 0) is 18.1 Å². The van der Waals surface area contributed by atoms with Crippen LogP contribution in [-0.4, -0.2) is 36.1 Å². The van der Waals surface area contributed by atoms with Crippen LogP contribution < -0.4 is 5.32 Å². The van der Waals surface area contributed by atoms with E-state index in [1.807, 2.05) is 31.2 Å². The Labute approximate surface area is 102 Å². The van der Waals surface area contributed by atoms with Gasteiger partial charge in [-0.15, -0.1) is 0 Å². The Hall–Kier alpha value is -0.940. The van der Waals surface area contributed by atoms with Crippen molar-refractivity contribution in [2.45, 2.75) is 26.2 Å². The van der Waals surface area contributed by atoms with Gasteiger partial charge in [-0.2, -0.15) is 0 Å². The highest BCUT2D eigenvalue weighted by Crippen LogP contribution is 2.03. The fourth-order valence-corrected chi connectivity index (χ4v) is 1.46. The molecule has 0 spiro atoms.